The maximum atomic E-state index is 12.5. The molecule has 0 radical (unpaired) electrons. The van der Waals surface area contributed by atoms with Gasteiger partial charge in [0.15, 0.2) is 0 Å². The molecule has 7 heteroatoms. The van der Waals surface area contributed by atoms with Gasteiger partial charge in [-0.2, -0.15) is 0 Å². The maximum absolute atomic E-state index is 12.5. The van der Waals surface area contributed by atoms with Crippen LogP contribution in [-0.2, 0) is 4.79 Å². The van der Waals surface area contributed by atoms with E-state index in [0.717, 1.165) is 62.8 Å². The van der Waals surface area contributed by atoms with E-state index >= 15 is 0 Å². The van der Waals surface area contributed by atoms with E-state index in [-0.39, 0.29) is 35.9 Å². The number of likely N-dealkylation sites (tertiary alicyclic amines) is 1. The van der Waals surface area contributed by atoms with Crippen LogP contribution in [0.25, 0.3) is 0 Å². The molecule has 4 N–H and O–H groups in total. The molecule has 0 aromatic rings. The van der Waals surface area contributed by atoms with Crippen LogP contribution < -0.4 is 16.4 Å². The van der Waals surface area contributed by atoms with E-state index in [9.17, 15) is 9.59 Å². The van der Waals surface area contributed by atoms with Crippen LogP contribution in [0.5, 0.6) is 0 Å². The molecule has 0 spiro atoms. The lowest BCUT2D eigenvalue weighted by atomic mass is 9.53. The van der Waals surface area contributed by atoms with Crippen molar-refractivity contribution in [3.05, 3.63) is 0 Å². The highest BCUT2D eigenvalue weighted by Gasteiger charge is 2.51. The molecular weight excluding hydrogens is 364 g/mol. The Balaban J connectivity index is 0.00000210. The fourth-order valence-corrected chi connectivity index (χ4v) is 6.55. The average Bonchev–Trinajstić information content (AvgIpc) is 2.59. The fraction of sp³-hybridized carbons (Fsp3) is 0.900. The molecule has 4 bridgehead atoms. The molecule has 5 fully saturated rings. The van der Waals surface area contributed by atoms with Crippen molar-refractivity contribution < 1.29 is 9.59 Å². The van der Waals surface area contributed by atoms with Gasteiger partial charge >= 0.3 is 6.03 Å². The van der Waals surface area contributed by atoms with Crippen molar-refractivity contribution in [2.45, 2.75) is 75.8 Å². The molecule has 154 valence electrons. The first-order chi connectivity index (χ1) is 12.6. The summed E-state index contributed by atoms with van der Waals surface area (Å²) >= 11 is 0. The summed E-state index contributed by atoms with van der Waals surface area (Å²) in [5.41, 5.74) is 5.83. The van der Waals surface area contributed by atoms with Crippen LogP contribution in [0.4, 0.5) is 4.79 Å². The number of amides is 3. The van der Waals surface area contributed by atoms with Gasteiger partial charge in [-0.3, -0.25) is 4.79 Å². The van der Waals surface area contributed by atoms with Crippen LogP contribution in [-0.4, -0.2) is 48.1 Å². The Kier molecular flexibility index (Phi) is 6.57. The largest absolute Gasteiger partial charge is 0.338 e. The summed E-state index contributed by atoms with van der Waals surface area (Å²) in [7, 11) is 0. The van der Waals surface area contributed by atoms with Gasteiger partial charge in [-0.15, -0.1) is 12.4 Å². The third-order valence-electron chi connectivity index (χ3n) is 7.26. The molecule has 1 atom stereocenters. The van der Waals surface area contributed by atoms with Gasteiger partial charge in [0.25, 0.3) is 0 Å². The Morgan fingerprint density at radius 1 is 1.04 bits per heavy atom. The number of piperidine rings is 1. The number of nitrogens with two attached hydrogens (primary N) is 1. The molecule has 5 aliphatic rings. The Labute approximate surface area is 168 Å². The molecule has 3 amide bonds. The smallest absolute Gasteiger partial charge is 0.315 e. The van der Waals surface area contributed by atoms with Gasteiger partial charge in [-0.05, 0) is 75.5 Å². The number of nitrogens with zero attached hydrogens (tertiary/aromatic N) is 1. The summed E-state index contributed by atoms with van der Waals surface area (Å²) in [6, 6.07) is 0.0888. The summed E-state index contributed by atoms with van der Waals surface area (Å²) in [6.07, 6.45) is 11.1. The normalized spacial score (nSPS) is 36.9. The Morgan fingerprint density at radius 2 is 1.67 bits per heavy atom. The van der Waals surface area contributed by atoms with Crippen molar-refractivity contribution in [1.29, 1.82) is 0 Å². The van der Waals surface area contributed by atoms with Crippen molar-refractivity contribution >= 4 is 24.3 Å². The monoisotopic (exact) mass is 398 g/mol. The van der Waals surface area contributed by atoms with Crippen LogP contribution in [0.1, 0.15) is 64.2 Å². The standard InChI is InChI=1S/C20H34N4O2.ClH/c21-13-17-3-1-2-6-24(17)18(25)4-5-22-19(26)23-20-10-14-7-15(11-20)9-16(8-14)12-20;/h14-17H,1-13,21H2,(H2,22,23,26);1H. The predicted molar refractivity (Wildman–Crippen MR) is 108 cm³/mol. The Hall–Kier alpha value is -1.01. The van der Waals surface area contributed by atoms with Gasteiger partial charge in [-0.25, -0.2) is 4.79 Å². The molecule has 6 nitrogen and oxygen atoms in total. The van der Waals surface area contributed by atoms with Crippen molar-refractivity contribution in [3.8, 4) is 0 Å². The van der Waals surface area contributed by atoms with Gasteiger partial charge < -0.3 is 21.3 Å². The van der Waals surface area contributed by atoms with Crippen LogP contribution >= 0.6 is 12.4 Å². The third kappa shape index (κ3) is 4.53. The lowest BCUT2D eigenvalue weighted by molar-refractivity contribution is -0.134. The van der Waals surface area contributed by atoms with E-state index < -0.39 is 0 Å². The quantitative estimate of drug-likeness (QED) is 0.664. The van der Waals surface area contributed by atoms with Gasteiger partial charge in [0.1, 0.15) is 0 Å². The van der Waals surface area contributed by atoms with Crippen LogP contribution in [0.15, 0.2) is 0 Å². The summed E-state index contributed by atoms with van der Waals surface area (Å²) in [6.45, 7) is 1.75. The Morgan fingerprint density at radius 3 is 2.26 bits per heavy atom. The zero-order valence-corrected chi connectivity index (χ0v) is 17.1. The number of carbonyl (C=O) groups excluding carboxylic acids is 2. The molecule has 4 aliphatic carbocycles. The van der Waals surface area contributed by atoms with E-state index in [0.29, 0.717) is 19.5 Å². The predicted octanol–water partition coefficient (Wildman–Crippen LogP) is 2.41. The number of urea groups is 1. The summed E-state index contributed by atoms with van der Waals surface area (Å²) in [4.78, 5) is 26.8. The summed E-state index contributed by atoms with van der Waals surface area (Å²) < 4.78 is 0. The highest BCUT2D eigenvalue weighted by atomic mass is 35.5. The SMILES string of the molecule is Cl.NCC1CCCCN1C(=O)CCNC(=O)NC12CC3CC(CC(C3)C1)C2. The molecule has 1 unspecified atom stereocenters. The zero-order chi connectivity index (χ0) is 18.1. The number of carbonyl (C=O) groups is 2. The summed E-state index contributed by atoms with van der Waals surface area (Å²) in [5.74, 6) is 2.57. The van der Waals surface area contributed by atoms with Crippen molar-refractivity contribution in [3.63, 3.8) is 0 Å². The van der Waals surface area contributed by atoms with Crippen molar-refractivity contribution in [2.24, 2.45) is 23.5 Å². The first-order valence-corrected chi connectivity index (χ1v) is 10.6. The lowest BCUT2D eigenvalue weighted by Crippen LogP contribution is -2.61. The molecule has 0 aromatic heterocycles. The third-order valence-corrected chi connectivity index (χ3v) is 7.26. The molecule has 0 aromatic carbocycles. The highest BCUT2D eigenvalue weighted by molar-refractivity contribution is 5.85. The minimum Gasteiger partial charge on any atom is -0.338 e. The zero-order valence-electron chi connectivity index (χ0n) is 16.3. The second kappa shape index (κ2) is 8.56. The molecule has 27 heavy (non-hydrogen) atoms. The van der Waals surface area contributed by atoms with Gasteiger partial charge in [0.2, 0.25) is 5.91 Å². The maximum Gasteiger partial charge on any atom is 0.315 e. The van der Waals surface area contributed by atoms with Crippen LogP contribution in [0.2, 0.25) is 0 Å². The molecule has 1 saturated heterocycles. The number of halogens is 1. The van der Waals surface area contributed by atoms with Gasteiger partial charge in [-0.1, -0.05) is 0 Å². The van der Waals surface area contributed by atoms with Crippen molar-refractivity contribution in [2.75, 3.05) is 19.6 Å². The van der Waals surface area contributed by atoms with E-state index in [1.165, 1.54) is 19.3 Å². The molecule has 1 heterocycles. The fourth-order valence-electron chi connectivity index (χ4n) is 6.55. The second-order valence-corrected chi connectivity index (χ2v) is 9.30. The molecule has 5 rings (SSSR count). The van der Waals surface area contributed by atoms with Crippen LogP contribution in [0.3, 0.4) is 0 Å². The van der Waals surface area contributed by atoms with Crippen molar-refractivity contribution in [1.82, 2.24) is 15.5 Å². The molecular formula is C20H35ClN4O2. The van der Waals surface area contributed by atoms with E-state index in [4.69, 9.17) is 5.73 Å². The van der Waals surface area contributed by atoms with Gasteiger partial charge in [0, 0.05) is 37.6 Å². The second-order valence-electron chi connectivity index (χ2n) is 9.30. The van der Waals surface area contributed by atoms with E-state index in [2.05, 4.69) is 10.6 Å². The first kappa shape index (κ1) is 20.7. The number of nitrogens with one attached hydrogen (secondary N) is 2. The van der Waals surface area contributed by atoms with Crippen LogP contribution in [0, 0.1) is 17.8 Å². The van der Waals surface area contributed by atoms with E-state index in [1.807, 2.05) is 4.90 Å². The minimum absolute atomic E-state index is 0. The minimum atomic E-state index is -0.0891. The van der Waals surface area contributed by atoms with E-state index in [1.54, 1.807) is 0 Å². The lowest BCUT2D eigenvalue weighted by Gasteiger charge is -2.56. The number of hydrogen-bond acceptors (Lipinski definition) is 3. The number of rotatable bonds is 5. The highest BCUT2D eigenvalue weighted by Crippen LogP contribution is 2.55. The molecule has 4 saturated carbocycles. The number of hydrogen-bond donors (Lipinski definition) is 3. The topological polar surface area (TPSA) is 87.5 Å². The first-order valence-electron chi connectivity index (χ1n) is 10.6. The molecule has 1 aliphatic heterocycles. The summed E-state index contributed by atoms with van der Waals surface area (Å²) in [5, 5.41) is 6.23. The van der Waals surface area contributed by atoms with Gasteiger partial charge in [0.05, 0.1) is 0 Å². The average molecular weight is 399 g/mol. The Bertz CT molecular complexity index is 521.